The van der Waals surface area contributed by atoms with Crippen LogP contribution < -0.4 is 9.47 Å². The van der Waals surface area contributed by atoms with Gasteiger partial charge in [0.15, 0.2) is 5.03 Å². The zero-order chi connectivity index (χ0) is 16.4. The molecule has 1 saturated heterocycles. The van der Waals surface area contributed by atoms with Gasteiger partial charge in [-0.25, -0.2) is 13.4 Å². The van der Waals surface area contributed by atoms with Gasteiger partial charge in [0.05, 0.1) is 32.1 Å². The molecule has 2 heterocycles. The summed E-state index contributed by atoms with van der Waals surface area (Å²) in [5.41, 5.74) is 0.775. The summed E-state index contributed by atoms with van der Waals surface area (Å²) >= 11 is 1.55. The van der Waals surface area contributed by atoms with Crippen molar-refractivity contribution in [1.82, 2.24) is 14.3 Å². The zero-order valence-corrected chi connectivity index (χ0v) is 14.4. The Labute approximate surface area is 139 Å². The van der Waals surface area contributed by atoms with Crippen molar-refractivity contribution in [2.45, 2.75) is 10.4 Å². The first kappa shape index (κ1) is 16.2. The lowest BCUT2D eigenvalue weighted by molar-refractivity contribution is 0.382. The maximum atomic E-state index is 12.8. The molecule has 0 amide bonds. The second-order valence-electron chi connectivity index (χ2n) is 4.86. The molecule has 1 unspecified atom stereocenters. The van der Waals surface area contributed by atoms with E-state index in [2.05, 4.69) is 9.97 Å². The van der Waals surface area contributed by atoms with Gasteiger partial charge in [0.25, 0.3) is 10.0 Å². The first-order chi connectivity index (χ1) is 11.1. The first-order valence-corrected chi connectivity index (χ1v) is 9.40. The maximum Gasteiger partial charge on any atom is 0.261 e. The Balaban J connectivity index is 2.03. The number of aromatic nitrogens is 2. The number of imidazole rings is 1. The Morgan fingerprint density at radius 1 is 1.35 bits per heavy atom. The minimum atomic E-state index is -3.64. The number of nitrogens with one attached hydrogen (secondary N) is 1. The molecule has 0 aliphatic carbocycles. The second kappa shape index (κ2) is 6.42. The van der Waals surface area contributed by atoms with Gasteiger partial charge >= 0.3 is 0 Å². The molecule has 0 radical (unpaired) electrons. The maximum absolute atomic E-state index is 12.8. The summed E-state index contributed by atoms with van der Waals surface area (Å²) in [6, 6.07) is 5.39. The molecule has 0 saturated carbocycles. The largest absolute Gasteiger partial charge is 0.497 e. The van der Waals surface area contributed by atoms with E-state index in [0.29, 0.717) is 23.8 Å². The van der Waals surface area contributed by atoms with Crippen LogP contribution in [-0.2, 0) is 10.0 Å². The van der Waals surface area contributed by atoms with Crippen LogP contribution >= 0.6 is 11.8 Å². The molecule has 1 aromatic heterocycles. The molecule has 0 bridgehead atoms. The van der Waals surface area contributed by atoms with Crippen molar-refractivity contribution < 1.29 is 17.9 Å². The lowest BCUT2D eigenvalue weighted by atomic mass is 10.2. The van der Waals surface area contributed by atoms with E-state index >= 15 is 0 Å². The summed E-state index contributed by atoms with van der Waals surface area (Å²) in [6.45, 7) is 0.428. The number of nitrogens with zero attached hydrogens (tertiary/aromatic N) is 2. The van der Waals surface area contributed by atoms with Crippen molar-refractivity contribution in [3.05, 3.63) is 36.3 Å². The summed E-state index contributed by atoms with van der Waals surface area (Å²) in [5.74, 6) is 2.00. The van der Waals surface area contributed by atoms with Crippen molar-refractivity contribution in [2.24, 2.45) is 0 Å². The van der Waals surface area contributed by atoms with E-state index in [1.165, 1.54) is 16.8 Å². The highest BCUT2D eigenvalue weighted by Gasteiger charge is 2.39. The number of thioether (sulfide) groups is 1. The first-order valence-electron chi connectivity index (χ1n) is 6.91. The Bertz CT molecular complexity index is 777. The van der Waals surface area contributed by atoms with Crippen LogP contribution in [0.1, 0.15) is 10.9 Å². The average Bonchev–Trinajstić information content (AvgIpc) is 3.25. The third-order valence-electron chi connectivity index (χ3n) is 3.61. The number of sulfonamides is 1. The van der Waals surface area contributed by atoms with E-state index in [-0.39, 0.29) is 10.4 Å². The number of hydrogen-bond donors (Lipinski definition) is 1. The lowest BCUT2D eigenvalue weighted by Gasteiger charge is -2.24. The van der Waals surface area contributed by atoms with Crippen molar-refractivity contribution in [1.29, 1.82) is 0 Å². The smallest absolute Gasteiger partial charge is 0.261 e. The fourth-order valence-corrected chi connectivity index (χ4v) is 5.63. The van der Waals surface area contributed by atoms with Crippen LogP contribution in [0, 0.1) is 0 Å². The highest BCUT2D eigenvalue weighted by Crippen LogP contribution is 2.45. The molecule has 3 rings (SSSR count). The summed E-state index contributed by atoms with van der Waals surface area (Å²) in [7, 11) is -0.495. The second-order valence-corrected chi connectivity index (χ2v) is 7.91. The third kappa shape index (κ3) is 2.91. The number of H-pyrrole nitrogens is 1. The van der Waals surface area contributed by atoms with Crippen LogP contribution in [0.4, 0.5) is 0 Å². The lowest BCUT2D eigenvalue weighted by Crippen LogP contribution is -2.31. The average molecular weight is 355 g/mol. The Morgan fingerprint density at radius 3 is 2.83 bits per heavy atom. The fourth-order valence-electron chi connectivity index (χ4n) is 2.49. The quantitative estimate of drug-likeness (QED) is 0.881. The minimum absolute atomic E-state index is 0.0897. The van der Waals surface area contributed by atoms with Crippen LogP contribution in [0.25, 0.3) is 0 Å². The highest BCUT2D eigenvalue weighted by molar-refractivity contribution is 8.01. The molecule has 1 N–H and O–H groups in total. The zero-order valence-electron chi connectivity index (χ0n) is 12.7. The topological polar surface area (TPSA) is 84.5 Å². The van der Waals surface area contributed by atoms with E-state index in [1.54, 1.807) is 38.1 Å². The van der Waals surface area contributed by atoms with Gasteiger partial charge in [-0.05, 0) is 18.2 Å². The molecule has 23 heavy (non-hydrogen) atoms. The van der Waals surface area contributed by atoms with Gasteiger partial charge in [-0.3, -0.25) is 0 Å². The molecule has 9 heteroatoms. The van der Waals surface area contributed by atoms with E-state index in [4.69, 9.17) is 9.47 Å². The number of methoxy groups -OCH3 is 2. The number of rotatable bonds is 5. The van der Waals surface area contributed by atoms with Gasteiger partial charge in [0, 0.05) is 17.9 Å². The standard InChI is InChI=1S/C14H17N3O4S2/c1-20-10-3-4-12(21-2)11(7-10)14-17(5-6-22-14)23(18,19)13-8-15-9-16-13/h3-4,7-9,14H,5-6H2,1-2H3,(H,15,16). The number of aromatic amines is 1. The molecule has 124 valence electrons. The van der Waals surface area contributed by atoms with Crippen LogP contribution in [0.2, 0.25) is 0 Å². The Hall–Kier alpha value is -1.71. The summed E-state index contributed by atoms with van der Waals surface area (Å²) in [6.07, 6.45) is 2.68. The normalized spacial score (nSPS) is 19.0. The van der Waals surface area contributed by atoms with Gasteiger partial charge < -0.3 is 14.5 Å². The molecular formula is C14H17N3O4S2. The molecule has 1 fully saturated rings. The van der Waals surface area contributed by atoms with Crippen molar-refractivity contribution in [3.8, 4) is 11.5 Å². The van der Waals surface area contributed by atoms with Gasteiger partial charge in [0.1, 0.15) is 11.5 Å². The van der Waals surface area contributed by atoms with Crippen LogP contribution in [-0.4, -0.2) is 49.2 Å². The van der Waals surface area contributed by atoms with E-state index in [9.17, 15) is 8.42 Å². The molecule has 2 aromatic rings. The Kier molecular flexibility index (Phi) is 4.51. The SMILES string of the molecule is COc1ccc(OC)c(C2SCCN2S(=O)(=O)c2cnc[nH]2)c1. The summed E-state index contributed by atoms with van der Waals surface area (Å²) in [4.78, 5) is 6.48. The van der Waals surface area contributed by atoms with Gasteiger partial charge in [-0.2, -0.15) is 4.31 Å². The van der Waals surface area contributed by atoms with Gasteiger partial charge in [-0.15, -0.1) is 11.8 Å². The monoisotopic (exact) mass is 355 g/mol. The summed E-state index contributed by atoms with van der Waals surface area (Å²) in [5, 5.41) is -0.278. The molecule has 7 nitrogen and oxygen atoms in total. The fraction of sp³-hybridized carbons (Fsp3) is 0.357. The van der Waals surface area contributed by atoms with E-state index in [1.807, 2.05) is 6.07 Å². The van der Waals surface area contributed by atoms with Crippen molar-refractivity contribution in [3.63, 3.8) is 0 Å². The minimum Gasteiger partial charge on any atom is -0.497 e. The van der Waals surface area contributed by atoms with Crippen molar-refractivity contribution in [2.75, 3.05) is 26.5 Å². The highest BCUT2D eigenvalue weighted by atomic mass is 32.2. The van der Waals surface area contributed by atoms with Crippen LogP contribution in [0.5, 0.6) is 11.5 Å². The predicted molar refractivity (Wildman–Crippen MR) is 87.2 cm³/mol. The molecular weight excluding hydrogens is 338 g/mol. The number of hydrogen-bond acceptors (Lipinski definition) is 6. The molecule has 1 aromatic carbocycles. The number of benzene rings is 1. The predicted octanol–water partition coefficient (Wildman–Crippen LogP) is 1.86. The molecule has 1 atom stereocenters. The summed E-state index contributed by atoms with van der Waals surface area (Å²) < 4.78 is 37.7. The van der Waals surface area contributed by atoms with E-state index in [0.717, 1.165) is 5.56 Å². The van der Waals surface area contributed by atoms with Crippen LogP contribution in [0.3, 0.4) is 0 Å². The molecule has 1 aliphatic rings. The molecule has 0 spiro atoms. The Morgan fingerprint density at radius 2 is 2.17 bits per heavy atom. The van der Waals surface area contributed by atoms with Gasteiger partial charge in [0.2, 0.25) is 0 Å². The third-order valence-corrected chi connectivity index (χ3v) is 6.78. The van der Waals surface area contributed by atoms with Crippen molar-refractivity contribution >= 4 is 21.8 Å². The molecule has 1 aliphatic heterocycles. The number of ether oxygens (including phenoxy) is 2. The van der Waals surface area contributed by atoms with E-state index < -0.39 is 10.0 Å². The van der Waals surface area contributed by atoms with Gasteiger partial charge in [-0.1, -0.05) is 0 Å². The van der Waals surface area contributed by atoms with Crippen LogP contribution in [0.15, 0.2) is 35.7 Å².